The lowest BCUT2D eigenvalue weighted by Crippen LogP contribution is -2.27. The van der Waals surface area contributed by atoms with Gasteiger partial charge in [-0.3, -0.25) is 19.9 Å². The van der Waals surface area contributed by atoms with E-state index in [2.05, 4.69) is 35.5 Å². The van der Waals surface area contributed by atoms with E-state index in [-0.39, 0.29) is 5.91 Å². The fourth-order valence-electron chi connectivity index (χ4n) is 4.10. The molecule has 6 aromatic rings. The van der Waals surface area contributed by atoms with E-state index in [4.69, 9.17) is 4.98 Å². The average molecular weight is 489 g/mol. The molecule has 0 aliphatic carbocycles. The predicted molar refractivity (Wildman–Crippen MR) is 144 cm³/mol. The monoisotopic (exact) mass is 488 g/mol. The highest BCUT2D eigenvalue weighted by Crippen LogP contribution is 2.32. The van der Waals surface area contributed by atoms with Crippen molar-refractivity contribution >= 4 is 33.7 Å². The highest BCUT2D eigenvalue weighted by molar-refractivity contribution is 5.97. The van der Waals surface area contributed by atoms with Gasteiger partial charge in [-0.05, 0) is 30.3 Å². The van der Waals surface area contributed by atoms with Crippen LogP contribution in [0.15, 0.2) is 73.3 Å². The van der Waals surface area contributed by atoms with Gasteiger partial charge in [0.25, 0.3) is 0 Å². The molecule has 6 rings (SSSR count). The summed E-state index contributed by atoms with van der Waals surface area (Å²) >= 11 is 0. The number of aromatic nitrogens is 7. The second-order valence-corrected chi connectivity index (χ2v) is 9.86. The van der Waals surface area contributed by atoms with Gasteiger partial charge in [0.2, 0.25) is 5.91 Å². The number of benzene rings is 1. The SMILES string of the molecule is CC(C)(C)C(=O)Nc1cncc(-c2cnc3[nH]nc(-c4nc5c(-c6ccccn6)cccc5[nH]4)c3c2)c1. The van der Waals surface area contributed by atoms with Crippen molar-refractivity contribution in [2.75, 3.05) is 5.32 Å². The van der Waals surface area contributed by atoms with Crippen molar-refractivity contribution in [3.63, 3.8) is 0 Å². The molecule has 0 aliphatic heterocycles. The Labute approximate surface area is 212 Å². The summed E-state index contributed by atoms with van der Waals surface area (Å²) in [4.78, 5) is 34.1. The maximum Gasteiger partial charge on any atom is 0.229 e. The second kappa shape index (κ2) is 8.63. The minimum Gasteiger partial charge on any atom is -0.337 e. The van der Waals surface area contributed by atoms with Crippen molar-refractivity contribution in [1.82, 2.24) is 35.1 Å². The molecule has 37 heavy (non-hydrogen) atoms. The second-order valence-electron chi connectivity index (χ2n) is 9.86. The molecule has 5 heterocycles. The first-order valence-electron chi connectivity index (χ1n) is 11.9. The summed E-state index contributed by atoms with van der Waals surface area (Å²) in [6.45, 7) is 5.61. The third-order valence-corrected chi connectivity index (χ3v) is 6.10. The molecule has 0 bridgehead atoms. The summed E-state index contributed by atoms with van der Waals surface area (Å²) in [5.74, 6) is 0.556. The summed E-state index contributed by atoms with van der Waals surface area (Å²) in [7, 11) is 0. The predicted octanol–water partition coefficient (Wildman–Crippen LogP) is 5.61. The van der Waals surface area contributed by atoms with Crippen LogP contribution in [0.4, 0.5) is 5.69 Å². The Bertz CT molecular complexity index is 1760. The number of hydrogen-bond donors (Lipinski definition) is 3. The molecule has 0 saturated carbocycles. The van der Waals surface area contributed by atoms with Crippen LogP contribution in [0.25, 0.3) is 56.0 Å². The van der Waals surface area contributed by atoms with Crippen LogP contribution in [-0.4, -0.2) is 41.0 Å². The summed E-state index contributed by atoms with van der Waals surface area (Å²) in [5, 5.41) is 11.3. The number of anilines is 1. The molecule has 0 radical (unpaired) electrons. The largest absolute Gasteiger partial charge is 0.337 e. The van der Waals surface area contributed by atoms with Crippen LogP contribution in [0, 0.1) is 5.41 Å². The van der Waals surface area contributed by atoms with Gasteiger partial charge in [0.15, 0.2) is 11.5 Å². The fourth-order valence-corrected chi connectivity index (χ4v) is 4.10. The van der Waals surface area contributed by atoms with Crippen LogP contribution < -0.4 is 5.32 Å². The number of aromatic amines is 2. The Morgan fingerprint density at radius 1 is 0.946 bits per heavy atom. The lowest BCUT2D eigenvalue weighted by atomic mass is 9.95. The zero-order valence-electron chi connectivity index (χ0n) is 20.6. The number of carbonyl (C=O) groups excluding carboxylic acids is 1. The maximum absolute atomic E-state index is 12.4. The fraction of sp³-hybridized carbons (Fsp3) is 0.143. The molecular weight excluding hydrogens is 464 g/mol. The Morgan fingerprint density at radius 2 is 1.81 bits per heavy atom. The molecular formula is C28H24N8O. The minimum atomic E-state index is -0.509. The first-order valence-corrected chi connectivity index (χ1v) is 11.9. The van der Waals surface area contributed by atoms with E-state index < -0.39 is 5.41 Å². The molecule has 9 nitrogen and oxygen atoms in total. The quantitative estimate of drug-likeness (QED) is 0.296. The molecule has 1 amide bonds. The number of pyridine rings is 3. The van der Waals surface area contributed by atoms with E-state index in [1.165, 1.54) is 0 Å². The van der Waals surface area contributed by atoms with Crippen molar-refractivity contribution in [2.45, 2.75) is 20.8 Å². The molecule has 0 fully saturated rings. The standard InChI is InChI=1S/C28H24N8O/c1-28(2,3)27(37)32-18-11-16(13-29-15-18)17-12-20-24(35-36-25(20)31-14-17)26-33-22-9-6-7-19(23(22)34-26)21-8-4-5-10-30-21/h4-15H,1-3H3,(H,32,37)(H,33,34)(H,31,35,36). The number of para-hydroxylation sites is 1. The third-order valence-electron chi connectivity index (χ3n) is 6.10. The Balaban J connectivity index is 1.40. The highest BCUT2D eigenvalue weighted by Gasteiger charge is 2.21. The summed E-state index contributed by atoms with van der Waals surface area (Å²) in [5.41, 5.74) is 6.62. The molecule has 9 heteroatoms. The maximum atomic E-state index is 12.4. The molecule has 3 N–H and O–H groups in total. The van der Waals surface area contributed by atoms with E-state index in [9.17, 15) is 4.79 Å². The molecule has 1 aromatic carbocycles. The summed E-state index contributed by atoms with van der Waals surface area (Å²) in [6.07, 6.45) is 6.91. The van der Waals surface area contributed by atoms with Gasteiger partial charge < -0.3 is 10.3 Å². The number of carbonyl (C=O) groups is 1. The van der Waals surface area contributed by atoms with E-state index in [0.717, 1.165) is 38.8 Å². The third kappa shape index (κ3) is 4.20. The molecule has 182 valence electrons. The van der Waals surface area contributed by atoms with Gasteiger partial charge in [0.1, 0.15) is 5.69 Å². The van der Waals surface area contributed by atoms with Gasteiger partial charge in [0.05, 0.1) is 34.0 Å². The molecule has 0 unspecified atom stereocenters. The molecule has 0 aliphatic rings. The topological polar surface area (TPSA) is 125 Å². The van der Waals surface area contributed by atoms with Gasteiger partial charge in [-0.15, -0.1) is 0 Å². The van der Waals surface area contributed by atoms with Crippen molar-refractivity contribution in [1.29, 1.82) is 0 Å². The normalized spacial score (nSPS) is 11.8. The van der Waals surface area contributed by atoms with E-state index >= 15 is 0 Å². The first-order chi connectivity index (χ1) is 17.9. The van der Waals surface area contributed by atoms with Crippen LogP contribution >= 0.6 is 0 Å². The van der Waals surface area contributed by atoms with Gasteiger partial charge >= 0.3 is 0 Å². The molecule has 5 aromatic heterocycles. The summed E-state index contributed by atoms with van der Waals surface area (Å²) < 4.78 is 0. The van der Waals surface area contributed by atoms with Crippen LogP contribution in [0.1, 0.15) is 20.8 Å². The number of hydrogen-bond acceptors (Lipinski definition) is 6. The van der Waals surface area contributed by atoms with Gasteiger partial charge in [-0.25, -0.2) is 9.97 Å². The Kier molecular flexibility index (Phi) is 5.26. The zero-order chi connectivity index (χ0) is 25.6. The van der Waals surface area contributed by atoms with Crippen LogP contribution in [0.2, 0.25) is 0 Å². The minimum absolute atomic E-state index is 0.0768. The van der Waals surface area contributed by atoms with Gasteiger partial charge in [0, 0.05) is 40.7 Å². The van der Waals surface area contributed by atoms with Crippen molar-refractivity contribution in [3.8, 4) is 33.9 Å². The number of rotatable bonds is 4. The lowest BCUT2D eigenvalue weighted by molar-refractivity contribution is -0.123. The number of fused-ring (bicyclic) bond motifs is 2. The van der Waals surface area contributed by atoms with Gasteiger partial charge in [-0.1, -0.05) is 39.0 Å². The number of imidazole rings is 1. The highest BCUT2D eigenvalue weighted by atomic mass is 16.2. The smallest absolute Gasteiger partial charge is 0.229 e. The van der Waals surface area contributed by atoms with Crippen LogP contribution in [0.3, 0.4) is 0 Å². The number of H-pyrrole nitrogens is 2. The molecule has 0 spiro atoms. The Morgan fingerprint density at radius 3 is 2.62 bits per heavy atom. The lowest BCUT2D eigenvalue weighted by Gasteiger charge is -2.17. The number of amides is 1. The Hall–Kier alpha value is -4.92. The number of nitrogens with zero attached hydrogens (tertiary/aromatic N) is 5. The summed E-state index contributed by atoms with van der Waals surface area (Å²) in [6, 6.07) is 15.7. The van der Waals surface area contributed by atoms with E-state index in [0.29, 0.717) is 22.9 Å². The van der Waals surface area contributed by atoms with E-state index in [1.54, 1.807) is 24.8 Å². The number of nitrogens with one attached hydrogen (secondary N) is 3. The first kappa shape index (κ1) is 22.5. The van der Waals surface area contributed by atoms with Crippen molar-refractivity contribution < 1.29 is 4.79 Å². The van der Waals surface area contributed by atoms with Crippen molar-refractivity contribution in [2.24, 2.45) is 5.41 Å². The zero-order valence-corrected chi connectivity index (χ0v) is 20.6. The van der Waals surface area contributed by atoms with Crippen LogP contribution in [0.5, 0.6) is 0 Å². The van der Waals surface area contributed by atoms with Crippen molar-refractivity contribution in [3.05, 3.63) is 73.3 Å². The molecule has 0 saturated heterocycles. The molecule has 0 atom stereocenters. The van der Waals surface area contributed by atoms with E-state index in [1.807, 2.05) is 69.3 Å². The van der Waals surface area contributed by atoms with Gasteiger partial charge in [-0.2, -0.15) is 5.10 Å². The average Bonchev–Trinajstić information content (AvgIpc) is 3.52. The van der Waals surface area contributed by atoms with Crippen LogP contribution in [-0.2, 0) is 4.79 Å².